The van der Waals surface area contributed by atoms with E-state index in [-0.39, 0.29) is 24.1 Å². The largest absolute Gasteiger partial charge is 0.483 e. The molecule has 0 bridgehead atoms. The van der Waals surface area contributed by atoms with E-state index in [1.165, 1.54) is 23.0 Å². The molecular formula is C23H28FN5O5S. The third-order valence-corrected chi connectivity index (χ3v) is 5.83. The first kappa shape index (κ1) is 25.2. The molecule has 4 atom stereocenters. The van der Waals surface area contributed by atoms with Crippen LogP contribution in [0.25, 0.3) is 5.52 Å². The van der Waals surface area contributed by atoms with E-state index in [1.807, 2.05) is 12.5 Å². The van der Waals surface area contributed by atoms with Crippen molar-refractivity contribution in [3.63, 3.8) is 0 Å². The molecule has 1 aromatic carbocycles. The zero-order valence-electron chi connectivity index (χ0n) is 19.9. The van der Waals surface area contributed by atoms with E-state index in [0.29, 0.717) is 41.4 Å². The molecule has 0 saturated carbocycles. The van der Waals surface area contributed by atoms with Gasteiger partial charge in [-0.15, -0.1) is 0 Å². The molecule has 188 valence electrons. The Labute approximate surface area is 206 Å². The van der Waals surface area contributed by atoms with Crippen molar-refractivity contribution in [2.75, 3.05) is 38.2 Å². The third kappa shape index (κ3) is 5.06. The number of nitrogens with one attached hydrogen (secondary N) is 1. The highest BCUT2D eigenvalue weighted by Gasteiger charge is 2.49. The van der Waals surface area contributed by atoms with Crippen molar-refractivity contribution in [3.05, 3.63) is 47.7 Å². The predicted octanol–water partition coefficient (Wildman–Crippen LogP) is 2.56. The van der Waals surface area contributed by atoms with Crippen molar-refractivity contribution < 1.29 is 28.1 Å². The Hall–Kier alpha value is -2.93. The summed E-state index contributed by atoms with van der Waals surface area (Å²) in [6.45, 7) is 2.46. The fourth-order valence-electron chi connectivity index (χ4n) is 4.22. The van der Waals surface area contributed by atoms with Crippen molar-refractivity contribution in [1.82, 2.24) is 14.6 Å². The summed E-state index contributed by atoms with van der Waals surface area (Å²) < 4.78 is 38.7. The Morgan fingerprint density at radius 2 is 1.94 bits per heavy atom. The van der Waals surface area contributed by atoms with Crippen LogP contribution >= 0.6 is 11.8 Å². The number of methoxy groups -OCH3 is 1. The summed E-state index contributed by atoms with van der Waals surface area (Å²) >= 11 is 1.75. The topological polar surface area (TPSA) is 122 Å². The molecule has 35 heavy (non-hydrogen) atoms. The van der Waals surface area contributed by atoms with Gasteiger partial charge in [0.2, 0.25) is 0 Å². The number of hydrogen-bond acceptors (Lipinski definition) is 9. The molecular weight excluding hydrogens is 477 g/mol. The molecule has 2 aromatic heterocycles. The number of rotatable bonds is 6. The van der Waals surface area contributed by atoms with Gasteiger partial charge < -0.3 is 30.0 Å². The van der Waals surface area contributed by atoms with Crippen molar-refractivity contribution in [3.8, 4) is 5.75 Å². The Kier molecular flexibility index (Phi) is 7.75. The third-order valence-electron chi connectivity index (χ3n) is 5.83. The standard InChI is InChI=1S/C21H22FN5O5.C2H6S/c1-10-12(20(23)28)6-27-17(10)21(24-9-25-27)26-13-4-3-11(22)5-14(13)32-16-8-31-18-15(29-2)7-30-19(16)18;1-3-2/h3-6,9,15-16,18-19H,7-8H2,1-2H3,(H2,23,28)(H,24,25,26);1-2H3/t15?,16?,18-,19-;/m1./s1. The molecule has 3 aromatic rings. The molecule has 1 amide bonds. The monoisotopic (exact) mass is 505 g/mol. The van der Waals surface area contributed by atoms with E-state index in [1.54, 1.807) is 38.1 Å². The van der Waals surface area contributed by atoms with E-state index >= 15 is 0 Å². The number of benzene rings is 1. The van der Waals surface area contributed by atoms with Crippen LogP contribution in [0.4, 0.5) is 15.9 Å². The average Bonchev–Trinajstić information content (AvgIpc) is 3.51. The van der Waals surface area contributed by atoms with Gasteiger partial charge >= 0.3 is 0 Å². The van der Waals surface area contributed by atoms with Gasteiger partial charge in [-0.2, -0.15) is 16.9 Å². The lowest BCUT2D eigenvalue weighted by molar-refractivity contribution is -0.0138. The second kappa shape index (κ2) is 10.8. The lowest BCUT2D eigenvalue weighted by Crippen LogP contribution is -2.35. The van der Waals surface area contributed by atoms with Gasteiger partial charge in [0.1, 0.15) is 41.7 Å². The van der Waals surface area contributed by atoms with Crippen LogP contribution in [0.2, 0.25) is 0 Å². The number of carbonyl (C=O) groups is 1. The highest BCUT2D eigenvalue weighted by molar-refractivity contribution is 7.97. The number of thioether (sulfide) groups is 1. The van der Waals surface area contributed by atoms with Crippen LogP contribution in [0, 0.1) is 12.7 Å². The molecule has 2 fully saturated rings. The summed E-state index contributed by atoms with van der Waals surface area (Å²) in [6, 6.07) is 4.16. The number of primary amides is 1. The molecule has 0 spiro atoms. The van der Waals surface area contributed by atoms with Crippen LogP contribution in [0.5, 0.6) is 5.75 Å². The van der Waals surface area contributed by atoms with Crippen LogP contribution in [0.3, 0.4) is 0 Å². The highest BCUT2D eigenvalue weighted by Crippen LogP contribution is 2.36. The molecule has 12 heteroatoms. The molecule has 2 aliphatic heterocycles. The number of halogens is 1. The summed E-state index contributed by atoms with van der Waals surface area (Å²) in [5.41, 5.74) is 7.48. The number of hydrogen-bond donors (Lipinski definition) is 2. The second-order valence-electron chi connectivity index (χ2n) is 8.13. The zero-order valence-corrected chi connectivity index (χ0v) is 20.7. The van der Waals surface area contributed by atoms with Crippen molar-refractivity contribution in [2.24, 2.45) is 5.73 Å². The molecule has 10 nitrogen and oxygen atoms in total. The van der Waals surface area contributed by atoms with Gasteiger partial charge in [-0.1, -0.05) is 0 Å². The van der Waals surface area contributed by atoms with Crippen molar-refractivity contribution in [1.29, 1.82) is 0 Å². The second-order valence-corrected chi connectivity index (χ2v) is 8.95. The van der Waals surface area contributed by atoms with Gasteiger partial charge in [0.05, 0.1) is 24.5 Å². The molecule has 0 aliphatic carbocycles. The fourth-order valence-corrected chi connectivity index (χ4v) is 4.22. The lowest BCUT2D eigenvalue weighted by Gasteiger charge is -2.20. The number of nitrogens with zero attached hydrogens (tertiary/aromatic N) is 3. The Morgan fingerprint density at radius 1 is 1.26 bits per heavy atom. The maximum Gasteiger partial charge on any atom is 0.250 e. The molecule has 4 heterocycles. The summed E-state index contributed by atoms with van der Waals surface area (Å²) in [6.07, 6.45) is 5.84. The lowest BCUT2D eigenvalue weighted by atomic mass is 10.1. The van der Waals surface area contributed by atoms with Gasteiger partial charge in [-0.05, 0) is 37.1 Å². The molecule has 2 unspecified atom stereocenters. The van der Waals surface area contributed by atoms with Crippen LogP contribution < -0.4 is 15.8 Å². The number of amides is 1. The fraction of sp³-hybridized carbons (Fsp3) is 0.435. The Balaban J connectivity index is 0.000000917. The zero-order chi connectivity index (χ0) is 25.1. The first-order chi connectivity index (χ1) is 16.9. The van der Waals surface area contributed by atoms with Gasteiger partial charge in [0, 0.05) is 19.4 Å². The summed E-state index contributed by atoms with van der Waals surface area (Å²) in [5, 5.41) is 7.31. The molecule has 3 N–H and O–H groups in total. The SMILES string of the molecule is COC1CO[C@@H]2C(Oc3cc(F)ccc3Nc3ncnn4cc(C(N)=O)c(C)c34)CO[C@H]12.CSC. The van der Waals surface area contributed by atoms with Gasteiger partial charge in [-0.3, -0.25) is 4.79 Å². The first-order valence-corrected chi connectivity index (χ1v) is 12.5. The van der Waals surface area contributed by atoms with Crippen LogP contribution in [-0.4, -0.2) is 77.8 Å². The normalized spacial score (nSPS) is 23.0. The van der Waals surface area contributed by atoms with Gasteiger partial charge in [-0.25, -0.2) is 13.9 Å². The molecule has 2 aliphatic rings. The molecule has 0 radical (unpaired) electrons. The van der Waals surface area contributed by atoms with E-state index < -0.39 is 17.8 Å². The Morgan fingerprint density at radius 3 is 2.63 bits per heavy atom. The van der Waals surface area contributed by atoms with Crippen LogP contribution in [-0.2, 0) is 14.2 Å². The number of carbonyl (C=O) groups excluding carboxylic acids is 1. The quantitative estimate of drug-likeness (QED) is 0.520. The van der Waals surface area contributed by atoms with E-state index in [9.17, 15) is 9.18 Å². The van der Waals surface area contributed by atoms with Crippen molar-refractivity contribution >= 4 is 34.7 Å². The average molecular weight is 506 g/mol. The minimum absolute atomic E-state index is 0.162. The number of nitrogens with two attached hydrogens (primary N) is 1. The van der Waals surface area contributed by atoms with Gasteiger partial charge in [0.25, 0.3) is 5.91 Å². The number of fused-ring (bicyclic) bond motifs is 2. The summed E-state index contributed by atoms with van der Waals surface area (Å²) in [4.78, 5) is 16.0. The minimum Gasteiger partial charge on any atom is -0.483 e. The maximum absolute atomic E-state index is 14.1. The number of aromatic nitrogens is 3. The molecule has 5 rings (SSSR count). The van der Waals surface area contributed by atoms with Crippen LogP contribution in [0.15, 0.2) is 30.7 Å². The number of ether oxygens (including phenoxy) is 4. The summed E-state index contributed by atoms with van der Waals surface area (Å²) in [7, 11) is 1.61. The van der Waals surface area contributed by atoms with Gasteiger partial charge in [0.15, 0.2) is 11.9 Å². The maximum atomic E-state index is 14.1. The first-order valence-electron chi connectivity index (χ1n) is 10.9. The summed E-state index contributed by atoms with van der Waals surface area (Å²) in [5.74, 6) is -0.323. The highest BCUT2D eigenvalue weighted by atomic mass is 32.2. The van der Waals surface area contributed by atoms with E-state index in [4.69, 9.17) is 24.7 Å². The number of aryl methyl sites for hydroxylation is 1. The van der Waals surface area contributed by atoms with E-state index in [0.717, 1.165) is 0 Å². The minimum atomic E-state index is -0.563. The predicted molar refractivity (Wildman–Crippen MR) is 130 cm³/mol. The van der Waals surface area contributed by atoms with Crippen molar-refractivity contribution in [2.45, 2.75) is 31.3 Å². The Bertz CT molecular complexity index is 1210. The van der Waals surface area contributed by atoms with Crippen LogP contribution in [0.1, 0.15) is 15.9 Å². The molecule has 2 saturated heterocycles. The smallest absolute Gasteiger partial charge is 0.250 e. The van der Waals surface area contributed by atoms with E-state index in [2.05, 4.69) is 15.4 Å². The number of anilines is 2.